The Kier molecular flexibility index (Phi) is 9.63. The number of halogens is 3. The number of nitrogens with zero attached hydrogens (tertiary/aromatic N) is 2. The molecule has 1 aromatic heterocycles. The van der Waals surface area contributed by atoms with Gasteiger partial charge in [0.1, 0.15) is 5.75 Å². The van der Waals surface area contributed by atoms with Gasteiger partial charge in [0.25, 0.3) is 0 Å². The standard InChI is InChI=1S/C31H34F3N3O4S/c1-22(2)19-37(42(39,40)27-14-12-26(41-3)13-15-27)21-30(38)36(20-23-8-10-25(11-9-23)31(32,33)34)17-16-24-18-35-29-7-5-4-6-28(24)29/h4-15,18,22,35H,16-17,19-21H2,1-3H3. The van der Waals surface area contributed by atoms with E-state index in [0.29, 0.717) is 17.7 Å². The number of carbonyl (C=O) groups excluding carboxylic acids is 1. The molecular formula is C31H34F3N3O4S. The maximum absolute atomic E-state index is 13.8. The number of sulfonamides is 1. The second-order valence-corrected chi connectivity index (χ2v) is 12.4. The van der Waals surface area contributed by atoms with Gasteiger partial charge >= 0.3 is 6.18 Å². The second kappa shape index (κ2) is 13.0. The van der Waals surface area contributed by atoms with E-state index in [1.54, 1.807) is 12.1 Å². The number of benzene rings is 3. The van der Waals surface area contributed by atoms with Crippen LogP contribution in [0.25, 0.3) is 10.9 Å². The summed E-state index contributed by atoms with van der Waals surface area (Å²) in [5.74, 6) is -0.0201. The monoisotopic (exact) mass is 601 g/mol. The molecule has 0 radical (unpaired) electrons. The maximum Gasteiger partial charge on any atom is 0.416 e. The quantitative estimate of drug-likeness (QED) is 0.212. The molecule has 0 aliphatic carbocycles. The molecule has 0 aliphatic rings. The highest BCUT2D eigenvalue weighted by Gasteiger charge is 2.31. The van der Waals surface area contributed by atoms with Gasteiger partial charge in [-0.25, -0.2) is 8.42 Å². The van der Waals surface area contributed by atoms with Crippen molar-refractivity contribution in [2.45, 2.75) is 37.9 Å². The van der Waals surface area contributed by atoms with E-state index in [4.69, 9.17) is 4.74 Å². The number of rotatable bonds is 12. The van der Waals surface area contributed by atoms with Crippen molar-refractivity contribution < 1.29 is 31.1 Å². The Balaban J connectivity index is 1.60. The summed E-state index contributed by atoms with van der Waals surface area (Å²) >= 11 is 0. The number of alkyl halides is 3. The third-order valence-electron chi connectivity index (χ3n) is 6.91. The van der Waals surface area contributed by atoms with Gasteiger partial charge in [-0.05, 0) is 65.9 Å². The Bertz CT molecular complexity index is 1600. The molecule has 7 nitrogen and oxygen atoms in total. The Morgan fingerprint density at radius 2 is 1.64 bits per heavy atom. The van der Waals surface area contributed by atoms with Gasteiger partial charge in [-0.3, -0.25) is 4.79 Å². The number of H-pyrrole nitrogens is 1. The maximum atomic E-state index is 13.8. The fraction of sp³-hybridized carbons (Fsp3) is 0.323. The summed E-state index contributed by atoms with van der Waals surface area (Å²) < 4.78 is 72.9. The van der Waals surface area contributed by atoms with Gasteiger partial charge < -0.3 is 14.6 Å². The van der Waals surface area contributed by atoms with E-state index in [1.165, 1.54) is 36.3 Å². The van der Waals surface area contributed by atoms with Crippen LogP contribution >= 0.6 is 0 Å². The van der Waals surface area contributed by atoms with Gasteiger partial charge in [0, 0.05) is 36.7 Å². The van der Waals surface area contributed by atoms with Crippen LogP contribution in [0.3, 0.4) is 0 Å². The lowest BCUT2D eigenvalue weighted by Crippen LogP contribution is -2.44. The van der Waals surface area contributed by atoms with Crippen molar-refractivity contribution in [3.63, 3.8) is 0 Å². The lowest BCUT2D eigenvalue weighted by atomic mass is 10.1. The Hall–Kier alpha value is -3.83. The summed E-state index contributed by atoms with van der Waals surface area (Å²) in [6.07, 6.45) is -2.15. The van der Waals surface area contributed by atoms with Crippen molar-refractivity contribution in [2.24, 2.45) is 5.92 Å². The number of para-hydroxylation sites is 1. The summed E-state index contributed by atoms with van der Waals surface area (Å²) in [7, 11) is -2.55. The van der Waals surface area contributed by atoms with Crippen LogP contribution in [0.5, 0.6) is 5.75 Å². The number of nitrogens with one attached hydrogen (secondary N) is 1. The zero-order chi connectivity index (χ0) is 30.5. The van der Waals surface area contributed by atoms with E-state index in [0.717, 1.165) is 32.9 Å². The van der Waals surface area contributed by atoms with Crippen LogP contribution < -0.4 is 4.74 Å². The van der Waals surface area contributed by atoms with E-state index in [-0.39, 0.29) is 30.4 Å². The van der Waals surface area contributed by atoms with Crippen LogP contribution in [0.15, 0.2) is 83.9 Å². The van der Waals surface area contributed by atoms with Gasteiger partial charge in [-0.1, -0.05) is 44.2 Å². The van der Waals surface area contributed by atoms with Crippen LogP contribution in [-0.4, -0.2) is 55.3 Å². The summed E-state index contributed by atoms with van der Waals surface area (Å²) in [6.45, 7) is 3.67. The predicted octanol–water partition coefficient (Wildman–Crippen LogP) is 6.11. The number of amides is 1. The molecule has 1 N–H and O–H groups in total. The molecule has 0 saturated heterocycles. The largest absolute Gasteiger partial charge is 0.497 e. The molecule has 3 aromatic carbocycles. The predicted molar refractivity (Wildman–Crippen MR) is 155 cm³/mol. The molecule has 0 bridgehead atoms. The Labute approximate surface area is 244 Å². The molecule has 0 atom stereocenters. The first-order chi connectivity index (χ1) is 19.9. The zero-order valence-corrected chi connectivity index (χ0v) is 24.5. The minimum atomic E-state index is -4.48. The number of ether oxygens (including phenoxy) is 1. The van der Waals surface area contributed by atoms with Crippen LogP contribution in [0.2, 0.25) is 0 Å². The molecule has 0 spiro atoms. The highest BCUT2D eigenvalue weighted by Crippen LogP contribution is 2.29. The van der Waals surface area contributed by atoms with E-state index in [9.17, 15) is 26.4 Å². The fourth-order valence-corrected chi connectivity index (χ4v) is 6.26. The summed E-state index contributed by atoms with van der Waals surface area (Å²) in [6, 6.07) is 18.3. The lowest BCUT2D eigenvalue weighted by Gasteiger charge is -2.28. The van der Waals surface area contributed by atoms with Crippen LogP contribution in [-0.2, 0) is 34.0 Å². The summed E-state index contributed by atoms with van der Waals surface area (Å²) in [4.78, 5) is 18.5. The summed E-state index contributed by atoms with van der Waals surface area (Å²) in [5.41, 5.74) is 1.64. The van der Waals surface area contributed by atoms with Crippen LogP contribution in [0.1, 0.15) is 30.5 Å². The molecule has 224 valence electrons. The fourth-order valence-electron chi connectivity index (χ4n) is 4.71. The van der Waals surface area contributed by atoms with Crippen molar-refractivity contribution in [3.8, 4) is 5.75 Å². The second-order valence-electron chi connectivity index (χ2n) is 10.5. The molecule has 4 rings (SSSR count). The first kappa shape index (κ1) is 31.1. The van der Waals surface area contributed by atoms with Crippen LogP contribution in [0.4, 0.5) is 13.2 Å². The van der Waals surface area contributed by atoms with Gasteiger partial charge in [0.05, 0.1) is 24.1 Å². The SMILES string of the molecule is COc1ccc(S(=O)(=O)N(CC(=O)N(CCc2c[nH]c3ccccc23)Cc2ccc(C(F)(F)F)cc2)CC(C)C)cc1. The number of hydrogen-bond donors (Lipinski definition) is 1. The van der Waals surface area contributed by atoms with Gasteiger partial charge in [-0.2, -0.15) is 17.5 Å². The summed E-state index contributed by atoms with van der Waals surface area (Å²) in [5, 5.41) is 1.00. The minimum Gasteiger partial charge on any atom is -0.497 e. The lowest BCUT2D eigenvalue weighted by molar-refractivity contribution is -0.137. The molecule has 0 unspecified atom stereocenters. The molecule has 1 amide bonds. The number of hydrogen-bond acceptors (Lipinski definition) is 4. The average Bonchev–Trinajstić information content (AvgIpc) is 3.37. The highest BCUT2D eigenvalue weighted by atomic mass is 32.2. The van der Waals surface area contributed by atoms with Crippen molar-refractivity contribution >= 4 is 26.8 Å². The minimum absolute atomic E-state index is 0.0252. The third-order valence-corrected chi connectivity index (χ3v) is 8.74. The van der Waals surface area contributed by atoms with Crippen molar-refractivity contribution in [2.75, 3.05) is 26.7 Å². The van der Waals surface area contributed by atoms with E-state index in [1.807, 2.05) is 44.3 Å². The molecule has 4 aromatic rings. The first-order valence-corrected chi connectivity index (χ1v) is 15.0. The molecule has 11 heteroatoms. The zero-order valence-electron chi connectivity index (χ0n) is 23.7. The molecule has 0 saturated carbocycles. The van der Waals surface area contributed by atoms with Gasteiger partial charge in [-0.15, -0.1) is 0 Å². The average molecular weight is 602 g/mol. The highest BCUT2D eigenvalue weighted by molar-refractivity contribution is 7.89. The Morgan fingerprint density at radius 3 is 2.26 bits per heavy atom. The van der Waals surface area contributed by atoms with E-state index < -0.39 is 34.2 Å². The van der Waals surface area contributed by atoms with Crippen molar-refractivity contribution in [1.29, 1.82) is 0 Å². The number of aromatic amines is 1. The first-order valence-electron chi connectivity index (χ1n) is 13.5. The van der Waals surface area contributed by atoms with Crippen molar-refractivity contribution in [3.05, 3.63) is 95.7 Å². The molecule has 0 aliphatic heterocycles. The number of aromatic nitrogens is 1. The Morgan fingerprint density at radius 1 is 0.976 bits per heavy atom. The normalized spacial score (nSPS) is 12.3. The van der Waals surface area contributed by atoms with E-state index in [2.05, 4.69) is 4.98 Å². The number of fused-ring (bicyclic) bond motifs is 1. The molecular weight excluding hydrogens is 567 g/mol. The van der Waals surface area contributed by atoms with Gasteiger partial charge in [0.2, 0.25) is 15.9 Å². The van der Waals surface area contributed by atoms with E-state index >= 15 is 0 Å². The molecule has 42 heavy (non-hydrogen) atoms. The van der Waals surface area contributed by atoms with Crippen molar-refractivity contribution in [1.82, 2.24) is 14.2 Å². The van der Waals surface area contributed by atoms with Crippen LogP contribution in [0, 0.1) is 5.92 Å². The number of carbonyl (C=O) groups is 1. The number of methoxy groups -OCH3 is 1. The topological polar surface area (TPSA) is 82.7 Å². The molecule has 1 heterocycles. The smallest absolute Gasteiger partial charge is 0.416 e. The van der Waals surface area contributed by atoms with Gasteiger partial charge in [0.15, 0.2) is 0 Å². The third kappa shape index (κ3) is 7.51. The molecule has 0 fully saturated rings.